The maximum atomic E-state index is 4.51. The Morgan fingerprint density at radius 1 is 1.20 bits per heavy atom. The highest BCUT2D eigenvalue weighted by molar-refractivity contribution is 9.10. The van der Waals surface area contributed by atoms with Gasteiger partial charge in [-0.3, -0.25) is 0 Å². The predicted octanol–water partition coefficient (Wildman–Crippen LogP) is 3.43. The van der Waals surface area contributed by atoms with Gasteiger partial charge in [0.15, 0.2) is 5.82 Å². The molecular formula is C14H13BrN4S. The van der Waals surface area contributed by atoms with Crippen molar-refractivity contribution in [3.8, 4) is 0 Å². The molecule has 1 aliphatic heterocycles. The number of nitrogens with one attached hydrogen (secondary N) is 1. The van der Waals surface area contributed by atoms with E-state index in [-0.39, 0.29) is 0 Å². The number of hydrogen-bond acceptors (Lipinski definition) is 4. The number of halogens is 1. The van der Waals surface area contributed by atoms with Gasteiger partial charge in [-0.15, -0.1) is 0 Å². The maximum Gasteiger partial charge on any atom is 0.156 e. The molecule has 4 rings (SSSR count). The fraction of sp³-hybridized carbons (Fsp3) is 0.286. The van der Waals surface area contributed by atoms with Crippen molar-refractivity contribution in [3.63, 3.8) is 0 Å². The molecule has 6 heteroatoms. The SMILES string of the molecule is Brc1ccc2[nH]c3c(N4CCSCC4)ncnc3c2c1. The number of nitrogens with zero attached hydrogens (tertiary/aromatic N) is 3. The summed E-state index contributed by atoms with van der Waals surface area (Å²) in [4.78, 5) is 14.8. The van der Waals surface area contributed by atoms with E-state index >= 15 is 0 Å². The summed E-state index contributed by atoms with van der Waals surface area (Å²) in [6, 6.07) is 6.23. The van der Waals surface area contributed by atoms with Gasteiger partial charge < -0.3 is 9.88 Å². The third-order valence-electron chi connectivity index (χ3n) is 3.63. The lowest BCUT2D eigenvalue weighted by Gasteiger charge is -2.27. The molecule has 3 aromatic rings. The van der Waals surface area contributed by atoms with Crippen LogP contribution < -0.4 is 4.90 Å². The molecule has 0 radical (unpaired) electrons. The molecular weight excluding hydrogens is 336 g/mol. The lowest BCUT2D eigenvalue weighted by atomic mass is 10.2. The van der Waals surface area contributed by atoms with E-state index in [1.54, 1.807) is 6.33 Å². The van der Waals surface area contributed by atoms with Crippen molar-refractivity contribution in [3.05, 3.63) is 29.0 Å². The first-order valence-corrected chi connectivity index (χ1v) is 8.52. The van der Waals surface area contributed by atoms with Crippen LogP contribution >= 0.6 is 27.7 Å². The highest BCUT2D eigenvalue weighted by Crippen LogP contribution is 2.31. The fourth-order valence-electron chi connectivity index (χ4n) is 2.67. The van der Waals surface area contributed by atoms with Gasteiger partial charge in [-0.25, -0.2) is 9.97 Å². The number of fused-ring (bicyclic) bond motifs is 3. The number of aromatic amines is 1. The average molecular weight is 349 g/mol. The van der Waals surface area contributed by atoms with Crippen molar-refractivity contribution in [2.75, 3.05) is 29.5 Å². The van der Waals surface area contributed by atoms with E-state index in [2.05, 4.69) is 47.9 Å². The zero-order valence-electron chi connectivity index (χ0n) is 10.8. The molecule has 0 bridgehead atoms. The van der Waals surface area contributed by atoms with Gasteiger partial charge in [0.2, 0.25) is 0 Å². The van der Waals surface area contributed by atoms with Crippen molar-refractivity contribution in [1.29, 1.82) is 0 Å². The molecule has 1 aromatic carbocycles. The summed E-state index contributed by atoms with van der Waals surface area (Å²) in [5, 5.41) is 1.14. The van der Waals surface area contributed by atoms with Crippen LogP contribution in [0.5, 0.6) is 0 Å². The Hall–Kier alpha value is -1.27. The van der Waals surface area contributed by atoms with Gasteiger partial charge in [-0.1, -0.05) is 15.9 Å². The van der Waals surface area contributed by atoms with E-state index in [0.29, 0.717) is 0 Å². The van der Waals surface area contributed by atoms with Gasteiger partial charge >= 0.3 is 0 Å². The van der Waals surface area contributed by atoms with Crippen LogP contribution in [0.4, 0.5) is 5.82 Å². The molecule has 1 aliphatic rings. The molecule has 2 aromatic heterocycles. The number of H-pyrrole nitrogens is 1. The lowest BCUT2D eigenvalue weighted by molar-refractivity contribution is 0.841. The summed E-state index contributed by atoms with van der Waals surface area (Å²) in [5.41, 5.74) is 3.16. The second kappa shape index (κ2) is 4.93. The molecule has 1 saturated heterocycles. The first-order valence-electron chi connectivity index (χ1n) is 6.57. The van der Waals surface area contributed by atoms with Gasteiger partial charge in [0.1, 0.15) is 17.4 Å². The zero-order chi connectivity index (χ0) is 13.5. The molecule has 0 spiro atoms. The molecule has 102 valence electrons. The Kier molecular flexibility index (Phi) is 3.07. The van der Waals surface area contributed by atoms with Crippen LogP contribution in [0.1, 0.15) is 0 Å². The van der Waals surface area contributed by atoms with E-state index in [4.69, 9.17) is 0 Å². The van der Waals surface area contributed by atoms with Crippen molar-refractivity contribution in [1.82, 2.24) is 15.0 Å². The number of hydrogen-bond donors (Lipinski definition) is 1. The molecule has 0 aliphatic carbocycles. The van der Waals surface area contributed by atoms with Crippen LogP contribution in [0.25, 0.3) is 21.9 Å². The summed E-state index contributed by atoms with van der Waals surface area (Å²) in [5.74, 6) is 3.36. The number of anilines is 1. The largest absolute Gasteiger partial charge is 0.353 e. The first-order chi connectivity index (χ1) is 9.83. The standard InChI is InChI=1S/C14H13BrN4S/c15-9-1-2-11-10(7-9)12-13(18-11)14(17-8-16-12)19-3-5-20-6-4-19/h1-2,7-8,18H,3-6H2. The minimum absolute atomic E-state index is 1.00. The van der Waals surface area contributed by atoms with Crippen LogP contribution in [0.15, 0.2) is 29.0 Å². The predicted molar refractivity (Wildman–Crippen MR) is 88.6 cm³/mol. The molecule has 0 amide bonds. The monoisotopic (exact) mass is 348 g/mol. The number of rotatable bonds is 1. The molecule has 0 unspecified atom stereocenters. The third-order valence-corrected chi connectivity index (χ3v) is 5.07. The fourth-order valence-corrected chi connectivity index (χ4v) is 3.93. The number of aromatic nitrogens is 3. The summed E-state index contributed by atoms with van der Waals surface area (Å²) in [7, 11) is 0. The Morgan fingerprint density at radius 3 is 2.90 bits per heavy atom. The van der Waals surface area contributed by atoms with Crippen LogP contribution in [-0.2, 0) is 0 Å². The topological polar surface area (TPSA) is 44.8 Å². The van der Waals surface area contributed by atoms with Crippen LogP contribution in [0.3, 0.4) is 0 Å². The van der Waals surface area contributed by atoms with Gasteiger partial charge in [0, 0.05) is 40.0 Å². The van der Waals surface area contributed by atoms with Crippen molar-refractivity contribution in [2.24, 2.45) is 0 Å². The highest BCUT2D eigenvalue weighted by Gasteiger charge is 2.18. The summed E-state index contributed by atoms with van der Waals surface area (Å²) >= 11 is 5.53. The third kappa shape index (κ3) is 1.98. The van der Waals surface area contributed by atoms with E-state index in [1.165, 1.54) is 0 Å². The van der Waals surface area contributed by atoms with Crippen LogP contribution in [0.2, 0.25) is 0 Å². The lowest BCUT2D eigenvalue weighted by Crippen LogP contribution is -2.33. The van der Waals surface area contributed by atoms with Gasteiger partial charge in [0.25, 0.3) is 0 Å². The normalized spacial score (nSPS) is 16.1. The van der Waals surface area contributed by atoms with E-state index in [1.807, 2.05) is 17.8 Å². The highest BCUT2D eigenvalue weighted by atomic mass is 79.9. The van der Waals surface area contributed by atoms with Crippen molar-refractivity contribution in [2.45, 2.75) is 0 Å². The second-order valence-corrected chi connectivity index (χ2v) is 6.98. The van der Waals surface area contributed by atoms with E-state index < -0.39 is 0 Å². The molecule has 0 saturated carbocycles. The van der Waals surface area contributed by atoms with Crippen molar-refractivity contribution < 1.29 is 0 Å². The Labute approximate surface area is 129 Å². The smallest absolute Gasteiger partial charge is 0.156 e. The molecule has 20 heavy (non-hydrogen) atoms. The van der Waals surface area contributed by atoms with Gasteiger partial charge in [-0.05, 0) is 18.2 Å². The molecule has 4 nitrogen and oxygen atoms in total. The first kappa shape index (κ1) is 12.5. The van der Waals surface area contributed by atoms with Crippen LogP contribution in [0, 0.1) is 0 Å². The Morgan fingerprint density at radius 2 is 2.05 bits per heavy atom. The summed E-state index contributed by atoms with van der Waals surface area (Å²) < 4.78 is 1.07. The summed E-state index contributed by atoms with van der Waals surface area (Å²) in [6.07, 6.45) is 1.67. The number of thioether (sulfide) groups is 1. The van der Waals surface area contributed by atoms with E-state index in [0.717, 1.165) is 56.8 Å². The minimum atomic E-state index is 1.00. The van der Waals surface area contributed by atoms with Gasteiger partial charge in [0.05, 0.1) is 0 Å². The molecule has 0 atom stereocenters. The quantitative estimate of drug-likeness (QED) is 0.731. The minimum Gasteiger partial charge on any atom is -0.353 e. The van der Waals surface area contributed by atoms with E-state index in [9.17, 15) is 0 Å². The van der Waals surface area contributed by atoms with Crippen LogP contribution in [-0.4, -0.2) is 39.5 Å². The zero-order valence-corrected chi connectivity index (χ0v) is 13.2. The number of benzene rings is 1. The second-order valence-electron chi connectivity index (χ2n) is 4.84. The molecule has 1 N–H and O–H groups in total. The summed E-state index contributed by atoms with van der Waals surface area (Å²) in [6.45, 7) is 2.10. The molecule has 1 fully saturated rings. The Balaban J connectivity index is 1.95. The molecule has 3 heterocycles. The average Bonchev–Trinajstić information content (AvgIpc) is 2.86. The van der Waals surface area contributed by atoms with Crippen molar-refractivity contribution >= 4 is 55.4 Å². The van der Waals surface area contributed by atoms with Gasteiger partial charge in [-0.2, -0.15) is 11.8 Å². The Bertz CT molecular complexity index is 779. The maximum absolute atomic E-state index is 4.51.